The first-order valence-electron chi connectivity index (χ1n) is 8.59. The van der Waals surface area contributed by atoms with Gasteiger partial charge in [-0.3, -0.25) is 9.69 Å². The molecule has 0 aliphatic carbocycles. The number of hydrogen-bond acceptors (Lipinski definition) is 2. The first-order chi connectivity index (χ1) is 11.8. The number of piperidine rings is 1. The van der Waals surface area contributed by atoms with Gasteiger partial charge in [0.2, 0.25) is 5.91 Å². The fourth-order valence-corrected chi connectivity index (χ4v) is 3.14. The molecule has 1 fully saturated rings. The summed E-state index contributed by atoms with van der Waals surface area (Å²) >= 11 is 0. The molecule has 0 spiro atoms. The van der Waals surface area contributed by atoms with Crippen LogP contribution in [0.25, 0.3) is 6.08 Å². The van der Waals surface area contributed by atoms with Gasteiger partial charge >= 0.3 is 0 Å². The summed E-state index contributed by atoms with van der Waals surface area (Å²) in [5, 5.41) is 3.14. The van der Waals surface area contributed by atoms with Crippen LogP contribution in [0.15, 0.2) is 66.7 Å². The number of carbonyl (C=O) groups excluding carboxylic acids is 1. The number of nitrogens with one attached hydrogen (secondary N) is 1. The van der Waals surface area contributed by atoms with E-state index in [2.05, 4.69) is 34.5 Å². The van der Waals surface area contributed by atoms with Crippen LogP contribution in [0.4, 0.5) is 0 Å². The van der Waals surface area contributed by atoms with E-state index in [9.17, 15) is 4.79 Å². The highest BCUT2D eigenvalue weighted by Gasteiger charge is 2.20. The fourth-order valence-electron chi connectivity index (χ4n) is 3.14. The molecule has 1 saturated heterocycles. The molecule has 3 nitrogen and oxygen atoms in total. The van der Waals surface area contributed by atoms with Crippen LogP contribution in [0.5, 0.6) is 0 Å². The monoisotopic (exact) mass is 320 g/mol. The van der Waals surface area contributed by atoms with Gasteiger partial charge in [0.25, 0.3) is 0 Å². The molecular weight excluding hydrogens is 296 g/mol. The number of carbonyl (C=O) groups is 1. The Balaban J connectivity index is 1.50. The first-order valence-corrected chi connectivity index (χ1v) is 8.59. The lowest BCUT2D eigenvalue weighted by atomic mass is 10.0. The quantitative estimate of drug-likeness (QED) is 0.856. The molecule has 0 aromatic heterocycles. The van der Waals surface area contributed by atoms with Crippen LogP contribution in [-0.2, 0) is 11.3 Å². The van der Waals surface area contributed by atoms with Crippen LogP contribution < -0.4 is 5.32 Å². The van der Waals surface area contributed by atoms with Gasteiger partial charge < -0.3 is 5.32 Å². The van der Waals surface area contributed by atoms with E-state index in [0.717, 1.165) is 38.0 Å². The van der Waals surface area contributed by atoms with Crippen molar-refractivity contribution in [3.05, 3.63) is 77.9 Å². The fraction of sp³-hybridized carbons (Fsp3) is 0.286. The Hall–Kier alpha value is -2.39. The van der Waals surface area contributed by atoms with Crippen molar-refractivity contribution in [2.24, 2.45) is 0 Å². The van der Waals surface area contributed by atoms with Crippen molar-refractivity contribution in [3.63, 3.8) is 0 Å². The molecule has 24 heavy (non-hydrogen) atoms. The van der Waals surface area contributed by atoms with Crippen LogP contribution in [-0.4, -0.2) is 29.9 Å². The average molecular weight is 320 g/mol. The number of hydrogen-bond donors (Lipinski definition) is 1. The second-order valence-corrected chi connectivity index (χ2v) is 6.31. The third kappa shape index (κ3) is 5.07. The Morgan fingerprint density at radius 3 is 2.54 bits per heavy atom. The summed E-state index contributed by atoms with van der Waals surface area (Å²) in [6.07, 6.45) is 5.67. The van der Waals surface area contributed by atoms with Gasteiger partial charge in [-0.1, -0.05) is 60.7 Å². The molecule has 1 amide bonds. The van der Waals surface area contributed by atoms with E-state index in [4.69, 9.17) is 0 Å². The summed E-state index contributed by atoms with van der Waals surface area (Å²) in [4.78, 5) is 14.6. The van der Waals surface area contributed by atoms with Crippen molar-refractivity contribution >= 4 is 12.0 Å². The average Bonchev–Trinajstić information content (AvgIpc) is 2.62. The number of benzene rings is 2. The maximum absolute atomic E-state index is 12.1. The highest BCUT2D eigenvalue weighted by Crippen LogP contribution is 2.14. The van der Waals surface area contributed by atoms with E-state index in [0.29, 0.717) is 0 Å². The number of nitrogens with zero attached hydrogens (tertiary/aromatic N) is 1. The van der Waals surface area contributed by atoms with E-state index in [1.807, 2.05) is 42.5 Å². The molecule has 1 aliphatic heterocycles. The lowest BCUT2D eigenvalue weighted by molar-refractivity contribution is -0.117. The van der Waals surface area contributed by atoms with E-state index in [-0.39, 0.29) is 11.9 Å². The molecule has 1 unspecified atom stereocenters. The van der Waals surface area contributed by atoms with Crippen LogP contribution in [0, 0.1) is 0 Å². The van der Waals surface area contributed by atoms with E-state index < -0.39 is 0 Å². The van der Waals surface area contributed by atoms with E-state index in [1.54, 1.807) is 6.08 Å². The van der Waals surface area contributed by atoms with Gasteiger partial charge in [0.15, 0.2) is 0 Å². The van der Waals surface area contributed by atoms with Crippen molar-refractivity contribution < 1.29 is 4.79 Å². The van der Waals surface area contributed by atoms with Crippen LogP contribution in [0.2, 0.25) is 0 Å². The number of amides is 1. The summed E-state index contributed by atoms with van der Waals surface area (Å²) in [6.45, 7) is 2.97. The topological polar surface area (TPSA) is 32.3 Å². The molecule has 0 radical (unpaired) electrons. The zero-order chi connectivity index (χ0) is 16.6. The Morgan fingerprint density at radius 1 is 1.08 bits per heavy atom. The minimum Gasteiger partial charge on any atom is -0.349 e. The molecule has 3 rings (SSSR count). The molecule has 124 valence electrons. The molecular formula is C21H24N2O. The molecule has 1 atom stereocenters. The molecule has 0 bridgehead atoms. The summed E-state index contributed by atoms with van der Waals surface area (Å²) < 4.78 is 0. The third-order valence-electron chi connectivity index (χ3n) is 4.33. The SMILES string of the molecule is O=C(C=Cc1ccccc1)NC1CCCN(Cc2ccccc2)C1. The Morgan fingerprint density at radius 2 is 1.79 bits per heavy atom. The second kappa shape index (κ2) is 8.46. The van der Waals surface area contributed by atoms with Crippen LogP contribution >= 0.6 is 0 Å². The lowest BCUT2D eigenvalue weighted by Gasteiger charge is -2.33. The summed E-state index contributed by atoms with van der Waals surface area (Å²) in [5.74, 6) is -0.00888. The smallest absolute Gasteiger partial charge is 0.244 e. The van der Waals surface area contributed by atoms with Crippen LogP contribution in [0.3, 0.4) is 0 Å². The highest BCUT2D eigenvalue weighted by molar-refractivity contribution is 5.91. The van der Waals surface area contributed by atoms with Crippen molar-refractivity contribution in [1.82, 2.24) is 10.2 Å². The number of rotatable bonds is 5. The van der Waals surface area contributed by atoms with Crippen molar-refractivity contribution in [1.29, 1.82) is 0 Å². The first kappa shape index (κ1) is 16.5. The lowest BCUT2D eigenvalue weighted by Crippen LogP contribution is -2.46. The highest BCUT2D eigenvalue weighted by atomic mass is 16.1. The van der Waals surface area contributed by atoms with E-state index >= 15 is 0 Å². The van der Waals surface area contributed by atoms with Gasteiger partial charge in [0.1, 0.15) is 0 Å². The molecule has 1 N–H and O–H groups in total. The summed E-state index contributed by atoms with van der Waals surface area (Å²) in [5.41, 5.74) is 2.37. The van der Waals surface area contributed by atoms with Gasteiger partial charge in [0.05, 0.1) is 0 Å². The summed E-state index contributed by atoms with van der Waals surface area (Å²) in [6, 6.07) is 20.6. The predicted octanol–water partition coefficient (Wildman–Crippen LogP) is 3.48. The van der Waals surface area contributed by atoms with Crippen LogP contribution in [0.1, 0.15) is 24.0 Å². The van der Waals surface area contributed by atoms with Crippen molar-refractivity contribution in [3.8, 4) is 0 Å². The largest absolute Gasteiger partial charge is 0.349 e. The summed E-state index contributed by atoms with van der Waals surface area (Å²) in [7, 11) is 0. The van der Waals surface area contributed by atoms with Crippen molar-refractivity contribution in [2.45, 2.75) is 25.4 Å². The predicted molar refractivity (Wildman–Crippen MR) is 98.4 cm³/mol. The molecule has 3 heteroatoms. The van der Waals surface area contributed by atoms with E-state index in [1.165, 1.54) is 5.56 Å². The Bertz CT molecular complexity index is 667. The molecule has 1 aliphatic rings. The maximum Gasteiger partial charge on any atom is 0.244 e. The third-order valence-corrected chi connectivity index (χ3v) is 4.33. The Kier molecular flexibility index (Phi) is 5.80. The van der Waals surface area contributed by atoms with Gasteiger partial charge in [-0.15, -0.1) is 0 Å². The zero-order valence-corrected chi connectivity index (χ0v) is 13.9. The second-order valence-electron chi connectivity index (χ2n) is 6.31. The molecule has 2 aromatic rings. The van der Waals surface area contributed by atoms with Gasteiger partial charge in [-0.2, -0.15) is 0 Å². The normalized spacial score (nSPS) is 18.6. The molecule has 0 saturated carbocycles. The maximum atomic E-state index is 12.1. The Labute approximate surface area is 144 Å². The standard InChI is InChI=1S/C21H24N2O/c24-21(14-13-18-8-3-1-4-9-18)22-20-12-7-15-23(17-20)16-19-10-5-2-6-11-19/h1-6,8-11,13-14,20H,7,12,15-17H2,(H,22,24). The zero-order valence-electron chi connectivity index (χ0n) is 13.9. The van der Waals surface area contributed by atoms with Crippen molar-refractivity contribution in [2.75, 3.05) is 13.1 Å². The molecule has 1 heterocycles. The minimum atomic E-state index is -0.00888. The van der Waals surface area contributed by atoms with Gasteiger partial charge in [-0.25, -0.2) is 0 Å². The minimum absolute atomic E-state index is 0.00888. The molecule has 2 aromatic carbocycles. The van der Waals surface area contributed by atoms with Gasteiger partial charge in [0, 0.05) is 25.2 Å². The van der Waals surface area contributed by atoms with Gasteiger partial charge in [-0.05, 0) is 36.6 Å². The number of likely N-dealkylation sites (tertiary alicyclic amines) is 1.